The van der Waals surface area contributed by atoms with Crippen molar-refractivity contribution in [3.8, 4) is 5.75 Å². The van der Waals surface area contributed by atoms with Crippen LogP contribution in [-0.4, -0.2) is 15.9 Å². The number of nitrogens with zero attached hydrogens (tertiary/aromatic N) is 3. The van der Waals surface area contributed by atoms with Crippen molar-refractivity contribution in [2.24, 2.45) is 5.10 Å². The maximum Gasteiger partial charge on any atom is 0.282 e. The molecule has 1 heterocycles. The molecular formula is C26H22Br2ClN3O2. The van der Waals surface area contributed by atoms with Crippen LogP contribution in [0.2, 0.25) is 5.02 Å². The van der Waals surface area contributed by atoms with Gasteiger partial charge in [0, 0.05) is 9.89 Å². The molecule has 0 amide bonds. The highest BCUT2D eigenvalue weighted by molar-refractivity contribution is 9.10. The number of benzene rings is 3. The molecule has 0 aliphatic carbocycles. The summed E-state index contributed by atoms with van der Waals surface area (Å²) in [5.41, 5.74) is 1.76. The van der Waals surface area contributed by atoms with E-state index in [-0.39, 0.29) is 5.56 Å². The van der Waals surface area contributed by atoms with Gasteiger partial charge < -0.3 is 4.74 Å². The lowest BCUT2D eigenvalue weighted by atomic mass is 9.95. The average molecular weight is 604 g/mol. The Morgan fingerprint density at radius 2 is 1.82 bits per heavy atom. The van der Waals surface area contributed by atoms with E-state index in [0.717, 1.165) is 10.0 Å². The number of aromatic nitrogens is 2. The number of halogens is 3. The van der Waals surface area contributed by atoms with Crippen LogP contribution in [0.25, 0.3) is 10.9 Å². The van der Waals surface area contributed by atoms with Gasteiger partial charge in [0.1, 0.15) is 12.4 Å². The Balaban J connectivity index is 1.70. The predicted molar refractivity (Wildman–Crippen MR) is 145 cm³/mol. The van der Waals surface area contributed by atoms with Gasteiger partial charge in [-0.25, -0.2) is 4.98 Å². The SMILES string of the molecule is CC(C)(C)c1nc2ccc(Br)cc2c(=O)n1N=Cc1cc(Cl)c(OCc2ccccc2)c(Br)c1. The van der Waals surface area contributed by atoms with Crippen molar-refractivity contribution in [2.45, 2.75) is 32.8 Å². The lowest BCUT2D eigenvalue weighted by Crippen LogP contribution is -2.29. The van der Waals surface area contributed by atoms with Crippen LogP contribution < -0.4 is 10.3 Å². The minimum Gasteiger partial charge on any atom is -0.486 e. The van der Waals surface area contributed by atoms with Gasteiger partial charge in [-0.05, 0) is 57.4 Å². The molecule has 34 heavy (non-hydrogen) atoms. The topological polar surface area (TPSA) is 56.5 Å². The number of rotatable bonds is 5. The minimum atomic E-state index is -0.398. The summed E-state index contributed by atoms with van der Waals surface area (Å²) >= 11 is 13.5. The van der Waals surface area contributed by atoms with Crippen LogP contribution in [0, 0.1) is 0 Å². The molecule has 0 aliphatic heterocycles. The van der Waals surface area contributed by atoms with Crippen LogP contribution >= 0.6 is 43.5 Å². The molecule has 0 saturated heterocycles. The van der Waals surface area contributed by atoms with E-state index in [1.165, 1.54) is 4.68 Å². The molecule has 0 fully saturated rings. The Morgan fingerprint density at radius 1 is 1.09 bits per heavy atom. The predicted octanol–water partition coefficient (Wildman–Crippen LogP) is 7.33. The van der Waals surface area contributed by atoms with Crippen molar-refractivity contribution in [1.82, 2.24) is 9.66 Å². The third-order valence-corrected chi connectivity index (χ3v) is 6.41. The fourth-order valence-corrected chi connectivity index (χ4v) is 4.74. The van der Waals surface area contributed by atoms with Crippen molar-refractivity contribution in [1.29, 1.82) is 0 Å². The molecule has 0 saturated carbocycles. The van der Waals surface area contributed by atoms with Crippen molar-refractivity contribution in [3.05, 3.63) is 102 Å². The zero-order valence-corrected chi connectivity index (χ0v) is 22.8. The van der Waals surface area contributed by atoms with E-state index < -0.39 is 5.41 Å². The second-order valence-electron chi connectivity index (χ2n) is 8.80. The fourth-order valence-electron chi connectivity index (χ4n) is 3.39. The van der Waals surface area contributed by atoms with Gasteiger partial charge in [0.25, 0.3) is 5.56 Å². The highest BCUT2D eigenvalue weighted by atomic mass is 79.9. The molecule has 0 atom stereocenters. The Kier molecular flexibility index (Phi) is 7.26. The fraction of sp³-hybridized carbons (Fsp3) is 0.192. The smallest absolute Gasteiger partial charge is 0.282 e. The van der Waals surface area contributed by atoms with Crippen molar-refractivity contribution >= 4 is 60.6 Å². The van der Waals surface area contributed by atoms with Crippen LogP contribution in [-0.2, 0) is 12.0 Å². The van der Waals surface area contributed by atoms with E-state index in [1.54, 1.807) is 18.3 Å². The summed E-state index contributed by atoms with van der Waals surface area (Å²) in [5.74, 6) is 1.11. The van der Waals surface area contributed by atoms with E-state index in [9.17, 15) is 4.79 Å². The summed E-state index contributed by atoms with van der Waals surface area (Å²) in [6.45, 7) is 6.39. The summed E-state index contributed by atoms with van der Waals surface area (Å²) in [7, 11) is 0. The van der Waals surface area contributed by atoms with Gasteiger partial charge in [-0.3, -0.25) is 4.79 Å². The van der Waals surface area contributed by atoms with E-state index in [4.69, 9.17) is 21.3 Å². The van der Waals surface area contributed by atoms with Gasteiger partial charge in [-0.2, -0.15) is 9.78 Å². The summed E-state index contributed by atoms with van der Waals surface area (Å²) in [4.78, 5) is 18.0. The van der Waals surface area contributed by atoms with Crippen LogP contribution in [0.1, 0.15) is 37.7 Å². The largest absolute Gasteiger partial charge is 0.486 e. The van der Waals surface area contributed by atoms with Gasteiger partial charge >= 0.3 is 0 Å². The molecule has 8 heteroatoms. The Labute approximate surface area is 219 Å². The van der Waals surface area contributed by atoms with E-state index in [1.807, 2.05) is 69.3 Å². The molecule has 3 aromatic carbocycles. The molecule has 0 N–H and O–H groups in total. The number of fused-ring (bicyclic) bond motifs is 1. The monoisotopic (exact) mass is 601 g/mol. The Morgan fingerprint density at radius 3 is 2.50 bits per heavy atom. The van der Waals surface area contributed by atoms with Gasteiger partial charge in [-0.1, -0.05) is 78.6 Å². The molecule has 4 rings (SSSR count). The van der Waals surface area contributed by atoms with Gasteiger partial charge in [-0.15, -0.1) is 0 Å². The van der Waals surface area contributed by atoms with Gasteiger partial charge in [0.05, 0.1) is 26.6 Å². The standard InChI is InChI=1S/C26H22Br2ClN3O2/c1-26(2,3)25-31-22-10-9-18(27)13-19(22)24(33)32(25)30-14-17-11-20(28)23(21(29)12-17)34-15-16-7-5-4-6-8-16/h4-14H,15H2,1-3H3. The summed E-state index contributed by atoms with van der Waals surface area (Å²) in [6, 6.07) is 18.9. The van der Waals surface area contributed by atoms with Crippen molar-refractivity contribution < 1.29 is 4.74 Å². The molecule has 0 bridgehead atoms. The van der Waals surface area contributed by atoms with E-state index in [2.05, 4.69) is 37.0 Å². The van der Waals surface area contributed by atoms with Crippen molar-refractivity contribution in [2.75, 3.05) is 0 Å². The van der Waals surface area contributed by atoms with E-state index in [0.29, 0.717) is 44.1 Å². The molecule has 0 spiro atoms. The molecule has 1 aromatic heterocycles. The first-order valence-electron chi connectivity index (χ1n) is 10.6. The maximum atomic E-state index is 13.3. The molecule has 0 aliphatic rings. The van der Waals surface area contributed by atoms with Crippen LogP contribution in [0.3, 0.4) is 0 Å². The molecule has 0 radical (unpaired) electrons. The quantitative estimate of drug-likeness (QED) is 0.225. The zero-order valence-electron chi connectivity index (χ0n) is 18.8. The Bertz CT molecular complexity index is 1420. The normalized spacial score (nSPS) is 11.9. The summed E-state index contributed by atoms with van der Waals surface area (Å²) in [5, 5.41) is 5.44. The third kappa shape index (κ3) is 5.43. The number of hydrogen-bond acceptors (Lipinski definition) is 4. The van der Waals surface area contributed by atoms with Crippen LogP contribution in [0.4, 0.5) is 0 Å². The minimum absolute atomic E-state index is 0.236. The average Bonchev–Trinajstić information content (AvgIpc) is 2.78. The second-order valence-corrected chi connectivity index (χ2v) is 11.0. The van der Waals surface area contributed by atoms with Crippen LogP contribution in [0.15, 0.2) is 79.5 Å². The third-order valence-electron chi connectivity index (χ3n) is 5.05. The van der Waals surface area contributed by atoms with Gasteiger partial charge in [0.2, 0.25) is 0 Å². The first-order chi connectivity index (χ1) is 16.1. The van der Waals surface area contributed by atoms with Crippen molar-refractivity contribution in [3.63, 3.8) is 0 Å². The zero-order chi connectivity index (χ0) is 24.5. The molecule has 174 valence electrons. The number of ether oxygens (including phenoxy) is 1. The first kappa shape index (κ1) is 24.6. The lowest BCUT2D eigenvalue weighted by Gasteiger charge is -2.20. The molecule has 5 nitrogen and oxygen atoms in total. The second kappa shape index (κ2) is 10.0. The van der Waals surface area contributed by atoms with E-state index >= 15 is 0 Å². The lowest BCUT2D eigenvalue weighted by molar-refractivity contribution is 0.304. The molecular weight excluding hydrogens is 582 g/mol. The first-order valence-corrected chi connectivity index (χ1v) is 12.5. The Hall–Kier alpha value is -2.48. The highest BCUT2D eigenvalue weighted by Gasteiger charge is 2.23. The molecule has 4 aromatic rings. The summed E-state index contributed by atoms with van der Waals surface area (Å²) in [6.07, 6.45) is 1.60. The number of hydrogen-bond donors (Lipinski definition) is 0. The van der Waals surface area contributed by atoms with Crippen LogP contribution in [0.5, 0.6) is 5.75 Å². The maximum absolute atomic E-state index is 13.3. The summed E-state index contributed by atoms with van der Waals surface area (Å²) < 4.78 is 8.78. The highest BCUT2D eigenvalue weighted by Crippen LogP contribution is 2.35. The molecule has 0 unspecified atom stereocenters. The van der Waals surface area contributed by atoms with Gasteiger partial charge in [0.15, 0.2) is 5.75 Å².